The lowest BCUT2D eigenvalue weighted by atomic mass is 10.1. The molecule has 1 aliphatic carbocycles. The predicted molar refractivity (Wildman–Crippen MR) is 80.5 cm³/mol. The van der Waals surface area contributed by atoms with Crippen LogP contribution >= 0.6 is 34.8 Å². The van der Waals surface area contributed by atoms with Crippen molar-refractivity contribution >= 4 is 40.9 Å². The lowest BCUT2D eigenvalue weighted by Crippen LogP contribution is -2.27. The topological polar surface area (TPSA) is 72.6 Å². The molecule has 3 N–H and O–H groups in total. The number of hydrogen-bond donors (Lipinski definition) is 2. The number of hydrogen-bond acceptors (Lipinski definition) is 3. The van der Waals surface area contributed by atoms with Crippen LogP contribution in [0.1, 0.15) is 11.1 Å². The average molecular weight is 341 g/mol. The third-order valence-corrected chi connectivity index (χ3v) is 3.87. The number of fused-ring (bicyclic) bond motifs is 1. The van der Waals surface area contributed by atoms with Gasteiger partial charge in [0.1, 0.15) is 6.61 Å². The van der Waals surface area contributed by atoms with Gasteiger partial charge in [0.2, 0.25) is 0 Å². The van der Waals surface area contributed by atoms with Gasteiger partial charge in [0.25, 0.3) is 0 Å². The molecule has 1 aliphatic rings. The summed E-state index contributed by atoms with van der Waals surface area (Å²) in [4.78, 5) is 10.0. The second kappa shape index (κ2) is 7.93. The summed E-state index contributed by atoms with van der Waals surface area (Å²) in [6, 6.07) is 8.23. The fraction of sp³-hybridized carbons (Fsp3) is 0.462. The standard InChI is InChI=1S/C9H10O.C4H6Cl3NO2/c10-9-5-7-3-1-2-4-8(7)6-9;5-1-4(6,7)2-10-3(8)9/h1-4,9-10H,5-6H2;1-2H2,(H2,8,9). The van der Waals surface area contributed by atoms with Crippen LogP contribution in [0, 0.1) is 0 Å². The van der Waals surface area contributed by atoms with E-state index in [1.54, 1.807) is 0 Å². The third-order valence-electron chi connectivity index (χ3n) is 2.65. The van der Waals surface area contributed by atoms with Gasteiger partial charge in [-0.3, -0.25) is 0 Å². The van der Waals surface area contributed by atoms with Gasteiger partial charge in [-0.2, -0.15) is 0 Å². The van der Waals surface area contributed by atoms with Crippen molar-refractivity contribution in [1.82, 2.24) is 0 Å². The van der Waals surface area contributed by atoms with Gasteiger partial charge in [-0.1, -0.05) is 47.5 Å². The van der Waals surface area contributed by atoms with Gasteiger partial charge in [0, 0.05) is 0 Å². The molecule has 0 fully saturated rings. The zero-order valence-corrected chi connectivity index (χ0v) is 13.0. The first-order chi connectivity index (χ1) is 9.34. The first-order valence-electron chi connectivity index (χ1n) is 5.95. The molecule has 0 saturated carbocycles. The number of aliphatic hydroxyl groups excluding tert-OH is 1. The van der Waals surface area contributed by atoms with Crippen LogP contribution < -0.4 is 5.73 Å². The second-order valence-corrected chi connectivity index (χ2v) is 6.34. The van der Waals surface area contributed by atoms with Gasteiger partial charge in [0.05, 0.1) is 12.0 Å². The Morgan fingerprint density at radius 1 is 1.35 bits per heavy atom. The number of carbonyl (C=O) groups is 1. The van der Waals surface area contributed by atoms with Gasteiger partial charge in [0.15, 0.2) is 4.33 Å². The lowest BCUT2D eigenvalue weighted by Gasteiger charge is -2.14. The summed E-state index contributed by atoms with van der Waals surface area (Å²) >= 11 is 16.2. The number of benzene rings is 1. The van der Waals surface area contributed by atoms with E-state index < -0.39 is 10.4 Å². The summed E-state index contributed by atoms with van der Waals surface area (Å²) < 4.78 is 3.05. The van der Waals surface area contributed by atoms with E-state index in [0.29, 0.717) is 0 Å². The van der Waals surface area contributed by atoms with Crippen molar-refractivity contribution in [3.05, 3.63) is 35.4 Å². The van der Waals surface area contributed by atoms with Gasteiger partial charge >= 0.3 is 6.09 Å². The molecule has 0 spiro atoms. The average Bonchev–Trinajstić information content (AvgIpc) is 2.77. The molecule has 112 valence electrons. The van der Waals surface area contributed by atoms with Crippen LogP contribution in [-0.2, 0) is 17.6 Å². The van der Waals surface area contributed by atoms with E-state index >= 15 is 0 Å². The second-order valence-electron chi connectivity index (χ2n) is 4.43. The number of carbonyl (C=O) groups excluding carboxylic acids is 1. The van der Waals surface area contributed by atoms with Crippen LogP contribution in [0.25, 0.3) is 0 Å². The number of amides is 1. The number of primary amides is 1. The molecular weight excluding hydrogens is 325 g/mol. The highest BCUT2D eigenvalue weighted by atomic mass is 35.5. The largest absolute Gasteiger partial charge is 0.446 e. The number of aliphatic hydroxyl groups is 1. The first kappa shape index (κ1) is 17.4. The zero-order valence-electron chi connectivity index (χ0n) is 10.7. The molecule has 0 radical (unpaired) electrons. The molecule has 1 amide bonds. The summed E-state index contributed by atoms with van der Waals surface area (Å²) in [6.07, 6.45) is 0.639. The molecule has 0 unspecified atom stereocenters. The number of nitrogens with two attached hydrogens (primary N) is 1. The molecule has 0 aliphatic heterocycles. The van der Waals surface area contributed by atoms with Crippen molar-refractivity contribution in [2.45, 2.75) is 23.3 Å². The highest BCUT2D eigenvalue weighted by Gasteiger charge is 2.24. The predicted octanol–water partition coefficient (Wildman–Crippen LogP) is 2.64. The molecule has 0 atom stereocenters. The number of halogens is 3. The maximum Gasteiger partial charge on any atom is 0.404 e. The summed E-state index contributed by atoms with van der Waals surface area (Å²) in [5.41, 5.74) is 7.26. The Bertz CT molecular complexity index is 429. The van der Waals surface area contributed by atoms with E-state index in [4.69, 9.17) is 34.8 Å². The van der Waals surface area contributed by atoms with E-state index in [0.717, 1.165) is 12.8 Å². The maximum atomic E-state index is 10.0. The minimum Gasteiger partial charge on any atom is -0.446 e. The minimum atomic E-state index is -1.24. The fourth-order valence-electron chi connectivity index (χ4n) is 1.75. The smallest absolute Gasteiger partial charge is 0.404 e. The Balaban J connectivity index is 0.000000200. The summed E-state index contributed by atoms with van der Waals surface area (Å²) in [7, 11) is 0. The molecule has 20 heavy (non-hydrogen) atoms. The van der Waals surface area contributed by atoms with Crippen LogP contribution in [0.15, 0.2) is 24.3 Å². The van der Waals surface area contributed by atoms with Crippen molar-refractivity contribution in [1.29, 1.82) is 0 Å². The Labute approximate surface area is 132 Å². The molecule has 0 heterocycles. The van der Waals surface area contributed by atoms with E-state index in [-0.39, 0.29) is 18.6 Å². The van der Waals surface area contributed by atoms with Crippen molar-refractivity contribution in [2.75, 3.05) is 12.5 Å². The van der Waals surface area contributed by atoms with Gasteiger partial charge in [-0.15, -0.1) is 11.6 Å². The van der Waals surface area contributed by atoms with Crippen LogP contribution in [0.5, 0.6) is 0 Å². The molecule has 7 heteroatoms. The molecule has 4 nitrogen and oxygen atoms in total. The maximum absolute atomic E-state index is 10.0. The lowest BCUT2D eigenvalue weighted by molar-refractivity contribution is 0.154. The minimum absolute atomic E-state index is 0.0244. The zero-order chi connectivity index (χ0) is 15.2. The SMILES string of the molecule is NC(=O)OCC(Cl)(Cl)CCl.OC1Cc2ccccc2C1. The monoisotopic (exact) mass is 339 g/mol. The van der Waals surface area contributed by atoms with Crippen LogP contribution in [0.2, 0.25) is 0 Å². The molecule has 1 aromatic carbocycles. The van der Waals surface area contributed by atoms with Gasteiger partial charge in [-0.25, -0.2) is 4.79 Å². The summed E-state index contributed by atoms with van der Waals surface area (Å²) in [5.74, 6) is -0.0244. The molecule has 0 saturated heterocycles. The molecular formula is C13H16Cl3NO3. The van der Waals surface area contributed by atoms with Crippen molar-refractivity contribution in [2.24, 2.45) is 5.73 Å². The summed E-state index contributed by atoms with van der Waals surface area (Å²) in [5, 5.41) is 9.25. The number of ether oxygens (including phenoxy) is 1. The molecule has 0 aromatic heterocycles. The van der Waals surface area contributed by atoms with Gasteiger partial charge < -0.3 is 15.6 Å². The number of alkyl halides is 3. The third kappa shape index (κ3) is 6.18. The Hall–Kier alpha value is -0.680. The Kier molecular flexibility index (Phi) is 6.89. The Morgan fingerprint density at radius 3 is 2.25 bits per heavy atom. The molecule has 0 bridgehead atoms. The van der Waals surface area contributed by atoms with Crippen molar-refractivity contribution in [3.63, 3.8) is 0 Å². The van der Waals surface area contributed by atoms with Gasteiger partial charge in [-0.05, 0) is 24.0 Å². The fourth-order valence-corrected chi connectivity index (χ4v) is 1.94. The Morgan fingerprint density at radius 2 is 1.85 bits per heavy atom. The van der Waals surface area contributed by atoms with E-state index in [9.17, 15) is 9.90 Å². The normalized spacial score (nSPS) is 14.2. The summed E-state index contributed by atoms with van der Waals surface area (Å²) in [6.45, 7) is -0.199. The van der Waals surface area contributed by atoms with Crippen LogP contribution in [0.4, 0.5) is 4.79 Å². The quantitative estimate of drug-likeness (QED) is 0.831. The first-order valence-corrected chi connectivity index (χ1v) is 7.24. The van der Waals surface area contributed by atoms with Crippen molar-refractivity contribution < 1.29 is 14.6 Å². The molecule has 2 rings (SSSR count). The van der Waals surface area contributed by atoms with E-state index in [2.05, 4.69) is 22.6 Å². The van der Waals surface area contributed by atoms with Crippen LogP contribution in [-0.4, -0.2) is 34.1 Å². The highest BCUT2D eigenvalue weighted by Crippen LogP contribution is 2.22. The number of rotatable bonds is 3. The van der Waals surface area contributed by atoms with E-state index in [1.165, 1.54) is 11.1 Å². The van der Waals surface area contributed by atoms with E-state index in [1.807, 2.05) is 12.1 Å². The van der Waals surface area contributed by atoms with Crippen LogP contribution in [0.3, 0.4) is 0 Å². The van der Waals surface area contributed by atoms with Crippen molar-refractivity contribution in [3.8, 4) is 0 Å². The molecule has 1 aromatic rings. The highest BCUT2D eigenvalue weighted by molar-refractivity contribution is 6.51.